The number of methoxy groups -OCH3 is 1. The summed E-state index contributed by atoms with van der Waals surface area (Å²) in [6.45, 7) is 5.53. The number of hydrogen-bond acceptors (Lipinski definition) is 3. The maximum Gasteiger partial charge on any atom is 0.255 e. The Balaban J connectivity index is 2.21. The molecule has 1 heterocycles. The molecule has 23 heavy (non-hydrogen) atoms. The van der Waals surface area contributed by atoms with Crippen molar-refractivity contribution in [2.24, 2.45) is 5.41 Å². The molecule has 0 spiro atoms. The molecule has 1 N–H and O–H groups in total. The van der Waals surface area contributed by atoms with Crippen molar-refractivity contribution in [1.82, 2.24) is 10.2 Å². The lowest BCUT2D eigenvalue weighted by molar-refractivity contribution is -0.132. The van der Waals surface area contributed by atoms with E-state index in [1.807, 2.05) is 13.8 Å². The summed E-state index contributed by atoms with van der Waals surface area (Å²) in [7, 11) is 1.57. The van der Waals surface area contributed by atoms with Gasteiger partial charge in [-0.05, 0) is 60.8 Å². The van der Waals surface area contributed by atoms with Crippen molar-refractivity contribution in [1.29, 1.82) is 0 Å². The molecule has 2 rings (SSSR count). The van der Waals surface area contributed by atoms with Crippen LogP contribution in [0.3, 0.4) is 0 Å². The molecule has 2 amide bonds. The highest BCUT2D eigenvalue weighted by Gasteiger charge is 2.39. The minimum atomic E-state index is -0.532. The summed E-state index contributed by atoms with van der Waals surface area (Å²) in [6.07, 6.45) is 1.61. The second-order valence-corrected chi connectivity index (χ2v) is 6.95. The number of piperidine rings is 1. The average molecular weight is 383 g/mol. The molecule has 1 aliphatic rings. The topological polar surface area (TPSA) is 58.6 Å². The van der Waals surface area contributed by atoms with Crippen LogP contribution in [0.5, 0.6) is 5.75 Å². The smallest absolute Gasteiger partial charge is 0.255 e. The van der Waals surface area contributed by atoms with Gasteiger partial charge in [-0.15, -0.1) is 0 Å². The number of hydrogen-bond donors (Lipinski definition) is 1. The van der Waals surface area contributed by atoms with Crippen LogP contribution in [-0.4, -0.2) is 43.5 Å². The summed E-state index contributed by atoms with van der Waals surface area (Å²) in [5.74, 6) is 0.577. The summed E-state index contributed by atoms with van der Waals surface area (Å²) in [6, 6.07) is 5.33. The highest BCUT2D eigenvalue weighted by atomic mass is 79.9. The zero-order valence-electron chi connectivity index (χ0n) is 13.8. The van der Waals surface area contributed by atoms with Crippen molar-refractivity contribution in [3.63, 3.8) is 0 Å². The number of halogens is 1. The van der Waals surface area contributed by atoms with Gasteiger partial charge in [0.15, 0.2) is 0 Å². The van der Waals surface area contributed by atoms with Crippen molar-refractivity contribution in [3.05, 3.63) is 28.2 Å². The summed E-state index contributed by atoms with van der Waals surface area (Å²) < 4.78 is 5.93. The van der Waals surface area contributed by atoms with Crippen LogP contribution in [0.25, 0.3) is 0 Å². The molecule has 1 aliphatic heterocycles. The van der Waals surface area contributed by atoms with Gasteiger partial charge in [-0.1, -0.05) is 0 Å². The number of amides is 2. The van der Waals surface area contributed by atoms with Crippen LogP contribution >= 0.6 is 15.9 Å². The standard InChI is InChI=1S/C17H23BrN2O3/c1-4-19-16(22)17(2)8-5-9-20(11-17)15(21)13-10-12(23-3)6-7-14(13)18/h6-7,10H,4-5,8-9,11H2,1-3H3,(H,19,22). The highest BCUT2D eigenvalue weighted by molar-refractivity contribution is 9.10. The van der Waals surface area contributed by atoms with E-state index in [9.17, 15) is 9.59 Å². The van der Waals surface area contributed by atoms with Crippen molar-refractivity contribution < 1.29 is 14.3 Å². The van der Waals surface area contributed by atoms with Crippen LogP contribution in [0.15, 0.2) is 22.7 Å². The Labute approximate surface area is 145 Å². The molecule has 0 aromatic heterocycles. The molecule has 126 valence electrons. The maximum absolute atomic E-state index is 12.9. The van der Waals surface area contributed by atoms with Gasteiger partial charge >= 0.3 is 0 Å². The number of ether oxygens (including phenoxy) is 1. The summed E-state index contributed by atoms with van der Waals surface area (Å²) in [4.78, 5) is 26.9. The molecule has 1 saturated heterocycles. The fraction of sp³-hybridized carbons (Fsp3) is 0.529. The van der Waals surface area contributed by atoms with Crippen LogP contribution in [0.4, 0.5) is 0 Å². The van der Waals surface area contributed by atoms with Gasteiger partial charge in [0.25, 0.3) is 5.91 Å². The molecule has 0 aliphatic carbocycles. The molecule has 0 saturated carbocycles. The first-order chi connectivity index (χ1) is 10.9. The lowest BCUT2D eigenvalue weighted by Crippen LogP contribution is -2.52. The van der Waals surface area contributed by atoms with E-state index in [-0.39, 0.29) is 11.8 Å². The lowest BCUT2D eigenvalue weighted by Gasteiger charge is -2.39. The maximum atomic E-state index is 12.9. The predicted octanol–water partition coefficient (Wildman–Crippen LogP) is 2.84. The van der Waals surface area contributed by atoms with Crippen LogP contribution in [0.1, 0.15) is 37.0 Å². The molecule has 1 aromatic carbocycles. The summed E-state index contributed by atoms with van der Waals surface area (Å²) in [5, 5.41) is 2.88. The Hall–Kier alpha value is -1.56. The number of nitrogens with zero attached hydrogens (tertiary/aromatic N) is 1. The molecule has 0 radical (unpaired) electrons. The quantitative estimate of drug-likeness (QED) is 0.870. The number of likely N-dealkylation sites (tertiary alicyclic amines) is 1. The fourth-order valence-corrected chi connectivity index (χ4v) is 3.35. The fourth-order valence-electron chi connectivity index (χ4n) is 2.94. The third-order valence-corrected chi connectivity index (χ3v) is 4.96. The minimum absolute atomic E-state index is 0.0159. The van der Waals surface area contributed by atoms with Crippen molar-refractivity contribution in [2.45, 2.75) is 26.7 Å². The first-order valence-corrected chi connectivity index (χ1v) is 8.61. The SMILES string of the molecule is CCNC(=O)C1(C)CCCN(C(=O)c2cc(OC)ccc2Br)C1. The largest absolute Gasteiger partial charge is 0.497 e. The van der Waals surface area contributed by atoms with Gasteiger partial charge in [0.1, 0.15) is 5.75 Å². The Morgan fingerprint density at radius 2 is 2.17 bits per heavy atom. The molecule has 0 bridgehead atoms. The number of rotatable bonds is 4. The Bertz CT molecular complexity index is 606. The number of nitrogens with one attached hydrogen (secondary N) is 1. The van der Waals surface area contributed by atoms with Gasteiger partial charge in [-0.25, -0.2) is 0 Å². The molecule has 6 heteroatoms. The first-order valence-electron chi connectivity index (χ1n) is 7.82. The average Bonchev–Trinajstić information content (AvgIpc) is 2.55. The zero-order valence-corrected chi connectivity index (χ0v) is 15.4. The van der Waals surface area contributed by atoms with Gasteiger partial charge in [-0.3, -0.25) is 9.59 Å². The monoisotopic (exact) mass is 382 g/mol. The zero-order chi connectivity index (χ0) is 17.0. The van der Waals surface area contributed by atoms with Crippen LogP contribution < -0.4 is 10.1 Å². The Morgan fingerprint density at radius 3 is 2.83 bits per heavy atom. The molecule has 1 fully saturated rings. The second kappa shape index (κ2) is 7.34. The van der Waals surface area contributed by atoms with Crippen molar-refractivity contribution in [3.8, 4) is 5.75 Å². The molecular formula is C17H23BrN2O3. The van der Waals surface area contributed by atoms with Gasteiger partial charge < -0.3 is 15.0 Å². The minimum Gasteiger partial charge on any atom is -0.497 e. The van der Waals surface area contributed by atoms with Crippen LogP contribution in [0, 0.1) is 5.41 Å². The second-order valence-electron chi connectivity index (χ2n) is 6.10. The van der Waals surface area contributed by atoms with E-state index < -0.39 is 5.41 Å². The third-order valence-electron chi connectivity index (χ3n) is 4.27. The normalized spacial score (nSPS) is 21.0. The van der Waals surface area contributed by atoms with Gasteiger partial charge in [0.2, 0.25) is 5.91 Å². The molecule has 1 atom stereocenters. The lowest BCUT2D eigenvalue weighted by atomic mass is 9.80. The number of carbonyl (C=O) groups excluding carboxylic acids is 2. The summed E-state index contributed by atoms with van der Waals surface area (Å²) in [5.41, 5.74) is 0.0272. The van der Waals surface area contributed by atoms with Gasteiger partial charge in [-0.2, -0.15) is 0 Å². The van der Waals surface area contributed by atoms with Crippen LogP contribution in [-0.2, 0) is 4.79 Å². The van der Waals surface area contributed by atoms with E-state index in [1.54, 1.807) is 30.2 Å². The Kier molecular flexibility index (Phi) is 5.68. The third kappa shape index (κ3) is 3.86. The highest BCUT2D eigenvalue weighted by Crippen LogP contribution is 2.32. The molecule has 1 unspecified atom stereocenters. The van der Waals surface area contributed by atoms with E-state index in [2.05, 4.69) is 21.2 Å². The van der Waals surface area contributed by atoms with E-state index in [1.165, 1.54) is 0 Å². The van der Waals surface area contributed by atoms with Crippen LogP contribution in [0.2, 0.25) is 0 Å². The van der Waals surface area contributed by atoms with E-state index in [0.717, 1.165) is 17.3 Å². The Morgan fingerprint density at radius 1 is 1.43 bits per heavy atom. The molecule has 1 aromatic rings. The molecular weight excluding hydrogens is 360 g/mol. The van der Waals surface area contributed by atoms with E-state index in [0.29, 0.717) is 30.9 Å². The number of benzene rings is 1. The van der Waals surface area contributed by atoms with Gasteiger partial charge in [0, 0.05) is 24.1 Å². The first kappa shape index (κ1) is 17.8. The van der Waals surface area contributed by atoms with Crippen molar-refractivity contribution >= 4 is 27.7 Å². The van der Waals surface area contributed by atoms with Gasteiger partial charge in [0.05, 0.1) is 18.1 Å². The van der Waals surface area contributed by atoms with E-state index >= 15 is 0 Å². The number of carbonyl (C=O) groups is 2. The summed E-state index contributed by atoms with van der Waals surface area (Å²) >= 11 is 3.43. The predicted molar refractivity (Wildman–Crippen MR) is 92.6 cm³/mol. The van der Waals surface area contributed by atoms with E-state index in [4.69, 9.17) is 4.74 Å². The van der Waals surface area contributed by atoms with Crippen molar-refractivity contribution in [2.75, 3.05) is 26.7 Å². The molecule has 5 nitrogen and oxygen atoms in total.